The molecule has 30 heavy (non-hydrogen) atoms. The van der Waals surface area contributed by atoms with Crippen LogP contribution in [0.25, 0.3) is 0 Å². The zero-order chi connectivity index (χ0) is 21.3. The van der Waals surface area contributed by atoms with E-state index in [-0.39, 0.29) is 29.4 Å². The number of carbonyl (C=O) groups excluding carboxylic acids is 1. The first-order valence-corrected chi connectivity index (χ1v) is 11.6. The molecule has 1 amide bonds. The van der Waals surface area contributed by atoms with Crippen LogP contribution in [-0.2, 0) is 4.79 Å². The van der Waals surface area contributed by atoms with Gasteiger partial charge in [0.05, 0.1) is 36.3 Å². The lowest BCUT2D eigenvalue weighted by Crippen LogP contribution is -2.65. The van der Waals surface area contributed by atoms with Crippen LogP contribution < -0.4 is 27.1 Å². The molecule has 4 saturated heterocycles. The Morgan fingerprint density at radius 1 is 1.23 bits per heavy atom. The number of amides is 1. The van der Waals surface area contributed by atoms with E-state index in [2.05, 4.69) is 50.2 Å². The van der Waals surface area contributed by atoms with Gasteiger partial charge in [-0.15, -0.1) is 11.6 Å². The summed E-state index contributed by atoms with van der Waals surface area (Å²) in [6.07, 6.45) is 0.531. The van der Waals surface area contributed by atoms with Crippen molar-refractivity contribution in [3.8, 4) is 0 Å². The van der Waals surface area contributed by atoms with E-state index in [1.54, 1.807) is 0 Å². The predicted molar refractivity (Wildman–Crippen MR) is 118 cm³/mol. The van der Waals surface area contributed by atoms with Gasteiger partial charge in [-0.1, -0.05) is 0 Å². The smallest absolute Gasteiger partial charge is 0.229 e. The van der Waals surface area contributed by atoms with E-state index in [1.165, 1.54) is 0 Å². The third-order valence-electron chi connectivity index (χ3n) is 6.76. The fraction of sp³-hybridized carbons (Fsp3) is 0.947. The van der Waals surface area contributed by atoms with Crippen LogP contribution >= 0.6 is 11.6 Å². The van der Waals surface area contributed by atoms with Crippen molar-refractivity contribution in [2.24, 2.45) is 11.7 Å². The van der Waals surface area contributed by atoms with Gasteiger partial charge in [-0.25, -0.2) is 10.4 Å². The number of hydrogen-bond donors (Lipinski definition) is 5. The van der Waals surface area contributed by atoms with Crippen molar-refractivity contribution in [3.63, 3.8) is 0 Å². The molecule has 0 bridgehead atoms. The zero-order valence-electron chi connectivity index (χ0n) is 18.2. The van der Waals surface area contributed by atoms with Gasteiger partial charge < -0.3 is 16.4 Å². The van der Waals surface area contributed by atoms with Crippen molar-refractivity contribution in [1.29, 1.82) is 0 Å². The molecule has 0 aromatic carbocycles. The Kier molecular flexibility index (Phi) is 7.49. The molecule has 6 N–H and O–H groups in total. The van der Waals surface area contributed by atoms with Crippen LogP contribution in [0.15, 0.2) is 0 Å². The SMILES string of the molecule is CN(C)CN1CCN(C2CCNCC2NC(=O)C2C(N)NN3CC(Cl)CNC23)CC1. The molecule has 11 heteroatoms. The monoisotopic (exact) mass is 443 g/mol. The van der Waals surface area contributed by atoms with E-state index >= 15 is 0 Å². The maximum atomic E-state index is 13.3. The second-order valence-electron chi connectivity index (χ2n) is 9.33. The van der Waals surface area contributed by atoms with Crippen LogP contribution in [0, 0.1) is 5.92 Å². The summed E-state index contributed by atoms with van der Waals surface area (Å²) in [7, 11) is 4.23. The molecule has 4 aliphatic rings. The summed E-state index contributed by atoms with van der Waals surface area (Å²) in [5.41, 5.74) is 9.51. The number of alkyl halides is 1. The summed E-state index contributed by atoms with van der Waals surface area (Å²) in [6, 6.07) is 0.460. The summed E-state index contributed by atoms with van der Waals surface area (Å²) in [5.74, 6) is -0.318. The minimum absolute atomic E-state index is 0.0147. The van der Waals surface area contributed by atoms with Crippen LogP contribution in [0.3, 0.4) is 0 Å². The molecule has 172 valence electrons. The number of hydrogen-bond acceptors (Lipinski definition) is 9. The van der Waals surface area contributed by atoms with Crippen LogP contribution in [0.1, 0.15) is 6.42 Å². The van der Waals surface area contributed by atoms with Crippen molar-refractivity contribution >= 4 is 17.5 Å². The quantitative estimate of drug-likeness (QED) is 0.289. The molecule has 6 unspecified atom stereocenters. The molecule has 4 heterocycles. The predicted octanol–water partition coefficient (Wildman–Crippen LogP) is -2.77. The average Bonchev–Trinajstić information content (AvgIpc) is 3.03. The van der Waals surface area contributed by atoms with Gasteiger partial charge in [-0.05, 0) is 27.1 Å². The Balaban J connectivity index is 1.35. The molecular weight excluding hydrogens is 406 g/mol. The average molecular weight is 444 g/mol. The minimum atomic E-state index is -0.408. The van der Waals surface area contributed by atoms with Crippen molar-refractivity contribution in [3.05, 3.63) is 0 Å². The Bertz CT molecular complexity index is 588. The van der Waals surface area contributed by atoms with Gasteiger partial charge in [-0.2, -0.15) is 0 Å². The molecule has 6 atom stereocenters. The molecule has 0 spiro atoms. The highest BCUT2D eigenvalue weighted by Crippen LogP contribution is 2.23. The molecule has 10 nitrogen and oxygen atoms in total. The maximum absolute atomic E-state index is 13.3. The van der Waals surface area contributed by atoms with E-state index in [4.69, 9.17) is 17.3 Å². The Hall–Kier alpha value is -0.560. The summed E-state index contributed by atoms with van der Waals surface area (Å²) in [4.78, 5) is 20.5. The molecular formula is C19H38ClN9O. The lowest BCUT2D eigenvalue weighted by molar-refractivity contribution is -0.128. The molecule has 4 aliphatic heterocycles. The fourth-order valence-corrected chi connectivity index (χ4v) is 5.56. The van der Waals surface area contributed by atoms with Gasteiger partial charge in [0.2, 0.25) is 5.91 Å². The number of halogens is 1. The second-order valence-corrected chi connectivity index (χ2v) is 9.95. The second kappa shape index (κ2) is 9.93. The van der Waals surface area contributed by atoms with Crippen LogP contribution in [0.4, 0.5) is 0 Å². The van der Waals surface area contributed by atoms with E-state index in [0.29, 0.717) is 19.1 Å². The standard InChI is InChI=1S/C19H38ClN9O/c1-26(2)12-27-5-7-28(8-6-27)15-3-4-22-10-14(15)24-19(30)16-17(21)25-29-11-13(20)9-23-18(16)29/h13-18,22-23,25H,3-12,21H2,1-2H3,(H,24,30). The highest BCUT2D eigenvalue weighted by molar-refractivity contribution is 6.21. The lowest BCUT2D eigenvalue weighted by Gasteiger charge is -2.45. The number of nitrogens with one attached hydrogen (secondary N) is 4. The normalized spacial score (nSPS) is 39.2. The van der Waals surface area contributed by atoms with Gasteiger partial charge in [-0.3, -0.25) is 24.8 Å². The maximum Gasteiger partial charge on any atom is 0.229 e. The number of nitrogens with two attached hydrogens (primary N) is 1. The largest absolute Gasteiger partial charge is 0.350 e. The Morgan fingerprint density at radius 2 is 2.00 bits per heavy atom. The summed E-state index contributed by atoms with van der Waals surface area (Å²) < 4.78 is 0. The van der Waals surface area contributed by atoms with Crippen LogP contribution in [-0.4, -0.2) is 129 Å². The highest BCUT2D eigenvalue weighted by atomic mass is 35.5. The highest BCUT2D eigenvalue weighted by Gasteiger charge is 2.47. The fourth-order valence-electron chi connectivity index (χ4n) is 5.32. The number of hydrazine groups is 1. The number of piperazine rings is 1. The topological polar surface area (TPSA) is 104 Å². The molecule has 0 aromatic heterocycles. The first-order chi connectivity index (χ1) is 14.4. The van der Waals surface area contributed by atoms with Gasteiger partial charge in [0.15, 0.2) is 0 Å². The number of piperidine rings is 1. The van der Waals surface area contributed by atoms with Crippen LogP contribution in [0.5, 0.6) is 0 Å². The minimum Gasteiger partial charge on any atom is -0.350 e. The van der Waals surface area contributed by atoms with Gasteiger partial charge >= 0.3 is 0 Å². The molecule has 4 rings (SSSR count). The van der Waals surface area contributed by atoms with Gasteiger partial charge in [0, 0.05) is 51.9 Å². The Labute approximate surface area is 184 Å². The first-order valence-electron chi connectivity index (χ1n) is 11.2. The van der Waals surface area contributed by atoms with Gasteiger partial charge in [0.1, 0.15) is 0 Å². The van der Waals surface area contributed by atoms with E-state index < -0.39 is 6.17 Å². The Morgan fingerprint density at radius 3 is 2.73 bits per heavy atom. The number of rotatable bonds is 5. The molecule has 4 fully saturated rings. The molecule has 0 radical (unpaired) electrons. The van der Waals surface area contributed by atoms with Gasteiger partial charge in [0.25, 0.3) is 0 Å². The molecule has 0 saturated carbocycles. The summed E-state index contributed by atoms with van der Waals surface area (Å²) >= 11 is 6.25. The molecule has 0 aliphatic carbocycles. The third kappa shape index (κ3) is 5.08. The third-order valence-corrected chi connectivity index (χ3v) is 7.05. The first kappa shape index (κ1) is 22.6. The van der Waals surface area contributed by atoms with Crippen molar-refractivity contribution in [2.45, 2.75) is 36.2 Å². The van der Waals surface area contributed by atoms with Crippen LogP contribution in [0.2, 0.25) is 0 Å². The summed E-state index contributed by atoms with van der Waals surface area (Å²) in [5, 5.41) is 12.2. The lowest BCUT2D eigenvalue weighted by atomic mass is 9.95. The van der Waals surface area contributed by atoms with Crippen molar-refractivity contribution < 1.29 is 4.79 Å². The van der Waals surface area contributed by atoms with E-state index in [1.807, 2.05) is 5.01 Å². The zero-order valence-corrected chi connectivity index (χ0v) is 18.9. The van der Waals surface area contributed by atoms with E-state index in [9.17, 15) is 4.79 Å². The van der Waals surface area contributed by atoms with Crippen molar-refractivity contribution in [2.75, 3.05) is 73.1 Å². The van der Waals surface area contributed by atoms with E-state index in [0.717, 1.165) is 52.4 Å². The number of carbonyl (C=O) groups is 1. The number of fused-ring (bicyclic) bond motifs is 1. The van der Waals surface area contributed by atoms with Crippen molar-refractivity contribution in [1.82, 2.24) is 41.1 Å². The number of nitrogens with zero attached hydrogens (tertiary/aromatic N) is 4. The summed E-state index contributed by atoms with van der Waals surface area (Å²) in [6.45, 7) is 8.40. The molecule has 0 aromatic rings.